The Morgan fingerprint density at radius 1 is 1.16 bits per heavy atom. The monoisotopic (exact) mass is 443 g/mol. The second-order valence-electron chi connectivity index (χ2n) is 8.13. The zero-order valence-corrected chi connectivity index (χ0v) is 18.1. The number of alkyl halides is 1. The van der Waals surface area contributed by atoms with Crippen LogP contribution in [0.1, 0.15) is 41.6 Å². The summed E-state index contributed by atoms with van der Waals surface area (Å²) in [4.78, 5) is 23.9. The third-order valence-corrected chi connectivity index (χ3v) is 6.29. The Morgan fingerprint density at radius 2 is 1.91 bits per heavy atom. The van der Waals surface area contributed by atoms with Gasteiger partial charge < -0.3 is 24.6 Å². The minimum absolute atomic E-state index is 0.112. The van der Waals surface area contributed by atoms with Crippen LogP contribution >= 0.6 is 0 Å². The normalized spacial score (nSPS) is 16.7. The molecule has 1 heterocycles. The molecule has 0 spiro atoms. The molecular formula is C24H26FNO6. The lowest BCUT2D eigenvalue weighted by molar-refractivity contribution is -0.147. The Hall–Kier alpha value is -3.29. The maximum Gasteiger partial charge on any atom is 0.313 e. The van der Waals surface area contributed by atoms with Gasteiger partial charge in [-0.3, -0.25) is 14.0 Å². The molecule has 1 fully saturated rings. The number of halogens is 1. The lowest BCUT2D eigenvalue weighted by atomic mass is 9.94. The van der Waals surface area contributed by atoms with E-state index in [1.807, 2.05) is 18.2 Å². The minimum atomic E-state index is -1.03. The van der Waals surface area contributed by atoms with Crippen molar-refractivity contribution in [1.82, 2.24) is 5.32 Å². The molecule has 1 saturated carbocycles. The predicted octanol–water partition coefficient (Wildman–Crippen LogP) is 3.98. The molecular weight excluding hydrogens is 417 g/mol. The van der Waals surface area contributed by atoms with E-state index in [0.29, 0.717) is 47.8 Å². The van der Waals surface area contributed by atoms with E-state index in [1.165, 1.54) is 14.2 Å². The number of methoxy groups -OCH3 is 2. The fraction of sp³-hybridized carbons (Fsp3) is 0.417. The van der Waals surface area contributed by atoms with Crippen molar-refractivity contribution in [1.29, 1.82) is 0 Å². The van der Waals surface area contributed by atoms with Crippen molar-refractivity contribution in [2.45, 2.75) is 38.3 Å². The topological polar surface area (TPSA) is 94.1 Å². The lowest BCUT2D eigenvalue weighted by Gasteiger charge is -2.27. The highest BCUT2D eigenvalue weighted by Crippen LogP contribution is 2.54. The Labute approximate surface area is 185 Å². The van der Waals surface area contributed by atoms with Gasteiger partial charge in [-0.1, -0.05) is 6.07 Å². The fourth-order valence-corrected chi connectivity index (χ4v) is 4.30. The van der Waals surface area contributed by atoms with E-state index in [4.69, 9.17) is 14.2 Å². The van der Waals surface area contributed by atoms with Crippen LogP contribution in [-0.2, 0) is 11.3 Å². The molecule has 2 aromatic carbocycles. The van der Waals surface area contributed by atoms with Crippen LogP contribution in [0.5, 0.6) is 17.2 Å². The number of aliphatic carboxylic acids is 1. The van der Waals surface area contributed by atoms with Crippen LogP contribution in [0.3, 0.4) is 0 Å². The van der Waals surface area contributed by atoms with E-state index in [2.05, 4.69) is 5.32 Å². The average Bonchev–Trinajstić information content (AvgIpc) is 3.54. The van der Waals surface area contributed by atoms with Crippen LogP contribution in [0.2, 0.25) is 0 Å². The Bertz CT molecular complexity index is 1050. The summed E-state index contributed by atoms with van der Waals surface area (Å²) >= 11 is 0. The van der Waals surface area contributed by atoms with Crippen molar-refractivity contribution in [3.63, 3.8) is 0 Å². The van der Waals surface area contributed by atoms with Crippen LogP contribution in [0.4, 0.5) is 4.39 Å². The first-order valence-corrected chi connectivity index (χ1v) is 10.6. The third-order valence-electron chi connectivity index (χ3n) is 6.29. The van der Waals surface area contributed by atoms with Gasteiger partial charge in [0.25, 0.3) is 5.91 Å². The number of carboxylic acids is 1. The third kappa shape index (κ3) is 3.74. The van der Waals surface area contributed by atoms with Crippen molar-refractivity contribution in [2.24, 2.45) is 5.41 Å². The van der Waals surface area contributed by atoms with Crippen molar-refractivity contribution in [2.75, 3.05) is 20.9 Å². The van der Waals surface area contributed by atoms with Crippen LogP contribution in [0.15, 0.2) is 30.3 Å². The van der Waals surface area contributed by atoms with Gasteiger partial charge in [-0.05, 0) is 61.1 Å². The second kappa shape index (κ2) is 8.68. The maximum absolute atomic E-state index is 13.0. The molecule has 1 amide bonds. The van der Waals surface area contributed by atoms with Crippen molar-refractivity contribution in [3.05, 3.63) is 41.5 Å². The van der Waals surface area contributed by atoms with E-state index < -0.39 is 24.2 Å². The van der Waals surface area contributed by atoms with Crippen LogP contribution in [0.25, 0.3) is 11.1 Å². The molecule has 1 aliphatic carbocycles. The molecule has 0 saturated heterocycles. The van der Waals surface area contributed by atoms with Crippen molar-refractivity contribution in [3.8, 4) is 28.4 Å². The van der Waals surface area contributed by atoms with Gasteiger partial charge in [0.05, 0.1) is 20.9 Å². The largest absolute Gasteiger partial charge is 0.493 e. The highest BCUT2D eigenvalue weighted by atomic mass is 19.1. The smallest absolute Gasteiger partial charge is 0.313 e. The first kappa shape index (κ1) is 21.9. The summed E-state index contributed by atoms with van der Waals surface area (Å²) < 4.78 is 30.4. The Morgan fingerprint density at radius 3 is 2.53 bits per heavy atom. The summed E-state index contributed by atoms with van der Waals surface area (Å²) in [7, 11) is 2.99. The number of fused-ring (bicyclic) bond motifs is 1. The molecule has 1 atom stereocenters. The first-order valence-electron chi connectivity index (χ1n) is 10.6. The summed E-state index contributed by atoms with van der Waals surface area (Å²) in [6, 6.07) is 9.04. The first-order chi connectivity index (χ1) is 15.4. The van der Waals surface area contributed by atoms with Gasteiger partial charge in [-0.25, -0.2) is 0 Å². The molecule has 7 nitrogen and oxygen atoms in total. The number of rotatable bonds is 10. The van der Waals surface area contributed by atoms with Crippen LogP contribution < -0.4 is 19.5 Å². The summed E-state index contributed by atoms with van der Waals surface area (Å²) in [5.41, 5.74) is 1.93. The van der Waals surface area contributed by atoms with E-state index in [-0.39, 0.29) is 18.7 Å². The number of hydrogen-bond acceptors (Lipinski definition) is 5. The SMILES string of the molecule is COc1ccc(-c2ccc3c(c2)CNC3=O)c(OC(CCCF)C2(C(=O)O)CC2)c1OC. The highest BCUT2D eigenvalue weighted by Gasteiger charge is 2.57. The summed E-state index contributed by atoms with van der Waals surface area (Å²) in [6.07, 6.45) is 0.716. The summed E-state index contributed by atoms with van der Waals surface area (Å²) in [5.74, 6) is 0.0749. The van der Waals surface area contributed by atoms with Gasteiger partial charge in [-0.15, -0.1) is 0 Å². The molecule has 1 unspecified atom stereocenters. The van der Waals surface area contributed by atoms with Crippen LogP contribution in [-0.4, -0.2) is 44.0 Å². The zero-order valence-electron chi connectivity index (χ0n) is 18.1. The van der Waals surface area contributed by atoms with Gasteiger partial charge in [0.15, 0.2) is 11.5 Å². The van der Waals surface area contributed by atoms with Gasteiger partial charge >= 0.3 is 5.97 Å². The minimum Gasteiger partial charge on any atom is -0.493 e. The summed E-state index contributed by atoms with van der Waals surface area (Å²) in [6.45, 7) is -0.115. The van der Waals surface area contributed by atoms with E-state index in [1.54, 1.807) is 12.1 Å². The number of amides is 1. The fourth-order valence-electron chi connectivity index (χ4n) is 4.30. The zero-order chi connectivity index (χ0) is 22.9. The molecule has 170 valence electrons. The number of ether oxygens (including phenoxy) is 3. The molecule has 0 radical (unpaired) electrons. The van der Waals surface area contributed by atoms with E-state index in [0.717, 1.165) is 11.1 Å². The quantitative estimate of drug-likeness (QED) is 0.577. The molecule has 32 heavy (non-hydrogen) atoms. The van der Waals surface area contributed by atoms with Gasteiger partial charge in [-0.2, -0.15) is 0 Å². The Balaban J connectivity index is 1.80. The van der Waals surface area contributed by atoms with Crippen molar-refractivity contribution < 1.29 is 33.3 Å². The molecule has 1 aliphatic heterocycles. The number of carbonyl (C=O) groups is 2. The molecule has 2 N–H and O–H groups in total. The van der Waals surface area contributed by atoms with Crippen molar-refractivity contribution >= 4 is 11.9 Å². The average molecular weight is 443 g/mol. The highest BCUT2D eigenvalue weighted by molar-refractivity contribution is 5.99. The molecule has 2 aromatic rings. The number of hydrogen-bond donors (Lipinski definition) is 2. The van der Waals surface area contributed by atoms with Crippen LogP contribution in [0, 0.1) is 5.41 Å². The lowest BCUT2D eigenvalue weighted by Crippen LogP contribution is -2.35. The molecule has 0 bridgehead atoms. The van der Waals surface area contributed by atoms with Gasteiger partial charge in [0, 0.05) is 17.7 Å². The number of carboxylic acid groups (broad SMARTS) is 1. The summed E-state index contributed by atoms with van der Waals surface area (Å²) in [5, 5.41) is 12.6. The molecule has 4 rings (SSSR count). The number of nitrogens with one attached hydrogen (secondary N) is 1. The van der Waals surface area contributed by atoms with Gasteiger partial charge in [0.1, 0.15) is 11.5 Å². The molecule has 8 heteroatoms. The number of carbonyl (C=O) groups excluding carboxylic acids is 1. The standard InChI is InChI=1S/C24H26FNO6/c1-30-18-8-7-16(14-5-6-17-15(12-14)13-26-22(17)27)20(21(18)31-2)32-19(4-3-11-25)24(9-10-24)23(28)29/h5-8,12,19H,3-4,9-11,13H2,1-2H3,(H,26,27)(H,28,29). The maximum atomic E-state index is 13.0. The van der Waals surface area contributed by atoms with E-state index >= 15 is 0 Å². The number of benzene rings is 2. The second-order valence-corrected chi connectivity index (χ2v) is 8.13. The van der Waals surface area contributed by atoms with Gasteiger partial charge in [0.2, 0.25) is 5.75 Å². The van der Waals surface area contributed by atoms with E-state index in [9.17, 15) is 19.1 Å². The molecule has 2 aliphatic rings. The Kier molecular flexibility index (Phi) is 5.95. The molecule has 0 aromatic heterocycles. The predicted molar refractivity (Wildman–Crippen MR) is 115 cm³/mol.